The van der Waals surface area contributed by atoms with Crippen LogP contribution in [-0.2, 0) is 11.2 Å². The summed E-state index contributed by atoms with van der Waals surface area (Å²) in [7, 11) is 0. The van der Waals surface area contributed by atoms with Crippen LogP contribution in [0.25, 0.3) is 10.4 Å². The Morgan fingerprint density at radius 2 is 1.62 bits per heavy atom. The van der Waals surface area contributed by atoms with Gasteiger partial charge in [-0.2, -0.15) is 0 Å². The average molecular weight is 463 g/mol. The number of anilines is 2. The summed E-state index contributed by atoms with van der Waals surface area (Å²) in [6.45, 7) is 3.35. The Kier molecular flexibility index (Phi) is 6.83. The van der Waals surface area contributed by atoms with Crippen molar-refractivity contribution >= 4 is 34.7 Å². The highest BCUT2D eigenvalue weighted by atomic mass is 32.1. The van der Waals surface area contributed by atoms with Gasteiger partial charge in [-0.25, -0.2) is 22.9 Å². The van der Waals surface area contributed by atoms with E-state index in [9.17, 15) is 27.9 Å². The lowest BCUT2D eigenvalue weighted by atomic mass is 9.88. The third kappa shape index (κ3) is 5.64. The molecule has 3 N–H and O–H groups in total. The van der Waals surface area contributed by atoms with Crippen molar-refractivity contribution in [1.29, 1.82) is 0 Å². The van der Waals surface area contributed by atoms with Crippen molar-refractivity contribution in [3.63, 3.8) is 0 Å². The monoisotopic (exact) mass is 463 g/mol. The highest BCUT2D eigenvalue weighted by Crippen LogP contribution is 2.30. The van der Waals surface area contributed by atoms with Crippen LogP contribution in [0.4, 0.5) is 29.3 Å². The number of nitrogens with one attached hydrogen (secondary N) is 2. The summed E-state index contributed by atoms with van der Waals surface area (Å²) in [6.07, 6.45) is 2.73. The normalized spacial score (nSPS) is 11.3. The van der Waals surface area contributed by atoms with Crippen molar-refractivity contribution in [2.24, 2.45) is 5.41 Å². The molecular weight excluding hydrogens is 443 g/mol. The Morgan fingerprint density at radius 1 is 1.03 bits per heavy atom. The van der Waals surface area contributed by atoms with Gasteiger partial charge in [-0.05, 0) is 38.0 Å². The first-order valence-corrected chi connectivity index (χ1v) is 10.4. The van der Waals surface area contributed by atoms with Crippen LogP contribution in [0.1, 0.15) is 25.3 Å². The second-order valence-electron chi connectivity index (χ2n) is 7.72. The highest BCUT2D eigenvalue weighted by molar-refractivity contribution is 7.15. The number of hydrogen-bond acceptors (Lipinski definition) is 4. The van der Waals surface area contributed by atoms with Crippen LogP contribution >= 0.6 is 11.3 Å². The number of carboxylic acid groups (broad SMARTS) is 1. The molecule has 0 saturated carbocycles. The number of aliphatic carboxylic acids is 1. The molecule has 0 bridgehead atoms. The van der Waals surface area contributed by atoms with Gasteiger partial charge in [0.2, 0.25) is 0 Å². The Labute approximate surface area is 186 Å². The minimum atomic E-state index is -1.61. The third-order valence-electron chi connectivity index (χ3n) is 4.77. The third-order valence-corrected chi connectivity index (χ3v) is 5.87. The lowest BCUT2D eigenvalue weighted by Gasteiger charge is -2.17. The summed E-state index contributed by atoms with van der Waals surface area (Å²) in [4.78, 5) is 28.5. The van der Waals surface area contributed by atoms with Crippen LogP contribution in [0, 0.1) is 22.9 Å². The number of benzene rings is 2. The van der Waals surface area contributed by atoms with Gasteiger partial charge >= 0.3 is 12.0 Å². The fourth-order valence-electron chi connectivity index (χ4n) is 2.72. The van der Waals surface area contributed by atoms with Crippen LogP contribution in [-0.4, -0.2) is 22.1 Å². The molecule has 0 atom stereocenters. The fraction of sp³-hybridized carbons (Fsp3) is 0.227. The average Bonchev–Trinajstić information content (AvgIpc) is 3.20. The van der Waals surface area contributed by atoms with Gasteiger partial charge in [0.05, 0.1) is 15.3 Å². The van der Waals surface area contributed by atoms with E-state index >= 15 is 0 Å². The van der Waals surface area contributed by atoms with Gasteiger partial charge in [0, 0.05) is 36.1 Å². The molecule has 3 rings (SSSR count). The molecule has 6 nitrogen and oxygen atoms in total. The van der Waals surface area contributed by atoms with E-state index in [4.69, 9.17) is 0 Å². The lowest BCUT2D eigenvalue weighted by molar-refractivity contribution is -0.147. The number of rotatable bonds is 7. The molecular formula is C22H20F3N3O3S. The number of hydrogen-bond donors (Lipinski definition) is 3. The number of aromatic nitrogens is 1. The number of amides is 2. The van der Waals surface area contributed by atoms with Gasteiger partial charge in [0.15, 0.2) is 17.5 Å². The predicted octanol–water partition coefficient (Wildman–Crippen LogP) is 5.91. The number of urea groups is 1. The smallest absolute Gasteiger partial charge is 0.323 e. The second kappa shape index (κ2) is 9.39. The summed E-state index contributed by atoms with van der Waals surface area (Å²) in [5.74, 6) is -5.26. The molecule has 0 fully saturated rings. The van der Waals surface area contributed by atoms with E-state index < -0.39 is 34.9 Å². The van der Waals surface area contributed by atoms with E-state index in [0.29, 0.717) is 30.7 Å². The van der Waals surface area contributed by atoms with Gasteiger partial charge in [-0.1, -0.05) is 12.1 Å². The quantitative estimate of drug-likeness (QED) is 0.380. The summed E-state index contributed by atoms with van der Waals surface area (Å²) in [5.41, 5.74) is 0.242. The van der Waals surface area contributed by atoms with E-state index in [1.54, 1.807) is 44.3 Å². The van der Waals surface area contributed by atoms with Crippen molar-refractivity contribution in [3.8, 4) is 10.4 Å². The Balaban J connectivity index is 1.60. The predicted molar refractivity (Wildman–Crippen MR) is 116 cm³/mol. The number of nitrogens with zero attached hydrogens (tertiary/aromatic N) is 1. The van der Waals surface area contributed by atoms with Gasteiger partial charge < -0.3 is 15.7 Å². The van der Waals surface area contributed by atoms with Crippen molar-refractivity contribution < 1.29 is 27.9 Å². The SMILES string of the molecule is CC(C)(CCc1ncc(-c2ccc(NC(=O)Nc3cc(F)c(F)c(F)c3)cc2)s1)C(=O)O. The van der Waals surface area contributed by atoms with Crippen molar-refractivity contribution in [2.75, 3.05) is 10.6 Å². The van der Waals surface area contributed by atoms with Crippen LogP contribution in [0.3, 0.4) is 0 Å². The molecule has 10 heteroatoms. The van der Waals surface area contributed by atoms with Crippen molar-refractivity contribution in [3.05, 3.63) is 65.1 Å². The first-order chi connectivity index (χ1) is 15.0. The zero-order valence-corrected chi connectivity index (χ0v) is 18.0. The number of carboxylic acids is 1. The van der Waals surface area contributed by atoms with Crippen LogP contribution in [0.2, 0.25) is 0 Å². The Morgan fingerprint density at radius 3 is 2.22 bits per heavy atom. The fourth-order valence-corrected chi connectivity index (χ4v) is 3.65. The van der Waals surface area contributed by atoms with E-state index in [0.717, 1.165) is 15.4 Å². The zero-order chi connectivity index (χ0) is 23.5. The summed E-state index contributed by atoms with van der Waals surface area (Å²) in [5, 5.41) is 14.8. The first kappa shape index (κ1) is 23.3. The molecule has 1 heterocycles. The highest BCUT2D eigenvalue weighted by Gasteiger charge is 2.27. The maximum absolute atomic E-state index is 13.2. The summed E-state index contributed by atoms with van der Waals surface area (Å²) < 4.78 is 39.5. The topological polar surface area (TPSA) is 91.3 Å². The van der Waals surface area contributed by atoms with Crippen molar-refractivity contribution in [1.82, 2.24) is 4.98 Å². The number of carbonyl (C=O) groups excluding carboxylic acids is 1. The molecule has 1 aromatic heterocycles. The summed E-state index contributed by atoms with van der Waals surface area (Å²) in [6, 6.07) is 7.45. The molecule has 32 heavy (non-hydrogen) atoms. The Bertz CT molecular complexity index is 1120. The van der Waals surface area contributed by atoms with Gasteiger partial charge in [-0.15, -0.1) is 11.3 Å². The maximum atomic E-state index is 13.2. The molecule has 0 radical (unpaired) electrons. The minimum Gasteiger partial charge on any atom is -0.481 e. The molecule has 2 amide bonds. The number of halogens is 3. The standard InChI is InChI=1S/C22H20F3N3O3S/c1-22(2,20(29)30)8-7-18-26-11-17(32-18)12-3-5-13(6-4-12)27-21(31)28-14-9-15(23)19(25)16(24)10-14/h3-6,9-11H,7-8H2,1-2H3,(H,29,30)(H2,27,28,31). The molecule has 0 aliphatic heterocycles. The molecule has 0 unspecified atom stereocenters. The molecule has 0 spiro atoms. The van der Waals surface area contributed by atoms with Gasteiger partial charge in [0.1, 0.15) is 0 Å². The number of aryl methyl sites for hydroxylation is 1. The molecule has 2 aromatic carbocycles. The van der Waals surface area contributed by atoms with E-state index in [-0.39, 0.29) is 5.69 Å². The lowest BCUT2D eigenvalue weighted by Crippen LogP contribution is -2.24. The van der Waals surface area contributed by atoms with Crippen LogP contribution in [0.5, 0.6) is 0 Å². The minimum absolute atomic E-state index is 0.223. The van der Waals surface area contributed by atoms with Gasteiger partial charge in [-0.3, -0.25) is 4.79 Å². The maximum Gasteiger partial charge on any atom is 0.323 e. The van der Waals surface area contributed by atoms with E-state index in [1.165, 1.54) is 11.3 Å². The molecule has 168 valence electrons. The van der Waals surface area contributed by atoms with Gasteiger partial charge in [0.25, 0.3) is 0 Å². The molecule has 0 saturated heterocycles. The van der Waals surface area contributed by atoms with E-state index in [2.05, 4.69) is 15.6 Å². The molecule has 0 aliphatic carbocycles. The van der Waals surface area contributed by atoms with Crippen molar-refractivity contribution in [2.45, 2.75) is 26.7 Å². The van der Waals surface area contributed by atoms with Crippen LogP contribution in [0.15, 0.2) is 42.6 Å². The van der Waals surface area contributed by atoms with E-state index in [1.807, 2.05) is 0 Å². The molecule has 3 aromatic rings. The zero-order valence-electron chi connectivity index (χ0n) is 17.2. The van der Waals surface area contributed by atoms with Crippen LogP contribution < -0.4 is 10.6 Å². The largest absolute Gasteiger partial charge is 0.481 e. The number of carbonyl (C=O) groups is 2. The molecule has 0 aliphatic rings. The first-order valence-electron chi connectivity index (χ1n) is 9.56. The number of thiazole rings is 1. The summed E-state index contributed by atoms with van der Waals surface area (Å²) >= 11 is 1.46. The Hall–Kier alpha value is -3.40. The second-order valence-corrected chi connectivity index (χ2v) is 8.83.